The minimum absolute atomic E-state index is 0.0314. The molecule has 80 valence electrons. The van der Waals surface area contributed by atoms with Crippen LogP contribution in [-0.2, 0) is 9.59 Å². The zero-order chi connectivity index (χ0) is 11.3. The quantitative estimate of drug-likeness (QED) is 0.612. The zero-order valence-electron chi connectivity index (χ0n) is 7.96. The summed E-state index contributed by atoms with van der Waals surface area (Å²) in [6.45, 7) is 0. The topological polar surface area (TPSA) is 34.1 Å². The molecule has 0 saturated heterocycles. The van der Waals surface area contributed by atoms with Gasteiger partial charge >= 0.3 is 105 Å². The van der Waals surface area contributed by atoms with Crippen molar-refractivity contribution in [1.29, 1.82) is 0 Å². The van der Waals surface area contributed by atoms with E-state index in [4.69, 9.17) is 0 Å². The Hall–Kier alpha value is -0.182. The van der Waals surface area contributed by atoms with Crippen LogP contribution >= 0.6 is 25.3 Å². The van der Waals surface area contributed by atoms with Crippen LogP contribution in [0.25, 0.3) is 0 Å². The Morgan fingerprint density at radius 1 is 1.00 bits per heavy atom. The number of carbonyl (C=O) groups excluding carboxylic acids is 2. The van der Waals surface area contributed by atoms with Gasteiger partial charge in [-0.25, -0.2) is 0 Å². The van der Waals surface area contributed by atoms with Crippen molar-refractivity contribution in [3.05, 3.63) is 30.3 Å². The summed E-state index contributed by atoms with van der Waals surface area (Å²) in [5, 5.41) is 0. The summed E-state index contributed by atoms with van der Waals surface area (Å²) < 4.78 is 0.801. The van der Waals surface area contributed by atoms with Crippen molar-refractivity contribution in [3.8, 4) is 0 Å². The van der Waals surface area contributed by atoms with Crippen LogP contribution in [0.4, 0.5) is 0 Å². The summed E-state index contributed by atoms with van der Waals surface area (Å²) >= 11 is 5.61. The molecule has 0 atom stereocenters. The van der Waals surface area contributed by atoms with Gasteiger partial charge in [-0.2, -0.15) is 0 Å². The SMILES string of the molecule is O=C(CS)[As](C(=O)CS)c1ccccc1. The Balaban J connectivity index is 3.02. The Labute approximate surface area is 105 Å². The first-order valence-corrected chi connectivity index (χ1v) is 8.41. The molecule has 2 nitrogen and oxygen atoms in total. The van der Waals surface area contributed by atoms with Crippen molar-refractivity contribution in [3.63, 3.8) is 0 Å². The average Bonchev–Trinajstić information content (AvgIpc) is 2.30. The first-order chi connectivity index (χ1) is 7.20. The molecule has 0 aromatic heterocycles. The van der Waals surface area contributed by atoms with Gasteiger partial charge in [0.1, 0.15) is 0 Å². The van der Waals surface area contributed by atoms with Crippen molar-refractivity contribution in [2.24, 2.45) is 0 Å². The maximum absolute atomic E-state index is 11.6. The van der Waals surface area contributed by atoms with E-state index in [1.54, 1.807) is 0 Å². The Bertz CT molecular complexity index is 338. The molecule has 5 heteroatoms. The van der Waals surface area contributed by atoms with Crippen molar-refractivity contribution < 1.29 is 9.59 Å². The molecule has 0 fully saturated rings. The van der Waals surface area contributed by atoms with Crippen molar-refractivity contribution in [2.75, 3.05) is 11.5 Å². The van der Waals surface area contributed by atoms with Crippen molar-refractivity contribution in [2.45, 2.75) is 0 Å². The molecule has 0 aliphatic rings. The van der Waals surface area contributed by atoms with Gasteiger partial charge < -0.3 is 0 Å². The van der Waals surface area contributed by atoms with Crippen LogP contribution in [0.3, 0.4) is 0 Å². The first-order valence-electron chi connectivity index (χ1n) is 4.33. The molecule has 1 aromatic rings. The molecular formula is C10H11AsO2S2. The Kier molecular flexibility index (Phi) is 5.51. The second-order valence-corrected chi connectivity index (χ2v) is 7.99. The van der Waals surface area contributed by atoms with Gasteiger partial charge in [0.05, 0.1) is 0 Å². The van der Waals surface area contributed by atoms with E-state index in [0.717, 1.165) is 4.35 Å². The number of hydrogen-bond donors (Lipinski definition) is 2. The van der Waals surface area contributed by atoms with Gasteiger partial charge in [0.2, 0.25) is 0 Å². The van der Waals surface area contributed by atoms with E-state index in [1.165, 1.54) is 0 Å². The van der Waals surface area contributed by atoms with Gasteiger partial charge in [-0.15, -0.1) is 0 Å². The van der Waals surface area contributed by atoms with E-state index < -0.39 is 14.7 Å². The summed E-state index contributed by atoms with van der Waals surface area (Å²) in [7, 11) is 0. The summed E-state index contributed by atoms with van der Waals surface area (Å²) in [6, 6.07) is 9.22. The number of hydrogen-bond acceptors (Lipinski definition) is 4. The molecule has 0 spiro atoms. The molecular weight excluding hydrogens is 291 g/mol. The van der Waals surface area contributed by atoms with Gasteiger partial charge in [0, 0.05) is 0 Å². The molecule has 15 heavy (non-hydrogen) atoms. The van der Waals surface area contributed by atoms with E-state index >= 15 is 0 Å². The Morgan fingerprint density at radius 3 is 1.87 bits per heavy atom. The van der Waals surface area contributed by atoms with Crippen LogP contribution in [0.5, 0.6) is 0 Å². The number of thiol groups is 2. The molecule has 0 aliphatic heterocycles. The van der Waals surface area contributed by atoms with Crippen LogP contribution in [0.2, 0.25) is 0 Å². The fourth-order valence-corrected chi connectivity index (χ4v) is 5.99. The van der Waals surface area contributed by atoms with E-state index in [-0.39, 0.29) is 20.6 Å². The molecule has 0 bridgehead atoms. The predicted molar refractivity (Wildman–Crippen MR) is 69.6 cm³/mol. The second kappa shape index (κ2) is 6.41. The molecule has 1 aromatic carbocycles. The average molecular weight is 302 g/mol. The molecule has 0 aliphatic carbocycles. The summed E-state index contributed by atoms with van der Waals surface area (Å²) in [5.74, 6) is 0.267. The van der Waals surface area contributed by atoms with Crippen molar-refractivity contribution in [1.82, 2.24) is 0 Å². The number of rotatable bonds is 5. The van der Waals surface area contributed by atoms with Crippen LogP contribution < -0.4 is 4.35 Å². The third-order valence-corrected chi connectivity index (χ3v) is 7.91. The summed E-state index contributed by atoms with van der Waals surface area (Å²) in [6.07, 6.45) is 0. The van der Waals surface area contributed by atoms with E-state index in [0.29, 0.717) is 0 Å². The molecule has 1 rings (SSSR count). The summed E-state index contributed by atoms with van der Waals surface area (Å²) in [4.78, 5) is 23.3. The zero-order valence-corrected chi connectivity index (χ0v) is 11.6. The first kappa shape index (κ1) is 12.9. The van der Waals surface area contributed by atoms with E-state index in [2.05, 4.69) is 25.3 Å². The van der Waals surface area contributed by atoms with E-state index in [1.807, 2.05) is 30.3 Å². The monoisotopic (exact) mass is 302 g/mol. The van der Waals surface area contributed by atoms with Gasteiger partial charge in [-0.05, 0) is 0 Å². The van der Waals surface area contributed by atoms with E-state index in [9.17, 15) is 9.59 Å². The van der Waals surface area contributed by atoms with Crippen molar-refractivity contribution >= 4 is 53.4 Å². The third-order valence-electron chi connectivity index (χ3n) is 1.78. The molecule has 0 unspecified atom stereocenters. The molecule has 0 saturated carbocycles. The second-order valence-electron chi connectivity index (χ2n) is 2.77. The molecule has 0 heterocycles. The molecule has 0 N–H and O–H groups in total. The van der Waals surface area contributed by atoms with Gasteiger partial charge in [-0.3, -0.25) is 0 Å². The van der Waals surface area contributed by atoms with Crippen LogP contribution in [0.1, 0.15) is 0 Å². The normalized spacial score (nSPS) is 10.3. The maximum atomic E-state index is 11.6. The van der Waals surface area contributed by atoms with Crippen LogP contribution in [0.15, 0.2) is 30.3 Å². The predicted octanol–water partition coefficient (Wildman–Crippen LogP) is 0.465. The number of carbonyl (C=O) groups is 2. The van der Waals surface area contributed by atoms with Crippen LogP contribution in [0, 0.1) is 0 Å². The molecule has 0 amide bonds. The Morgan fingerprint density at radius 2 is 1.47 bits per heavy atom. The fourth-order valence-electron chi connectivity index (χ4n) is 1.15. The van der Waals surface area contributed by atoms with Crippen LogP contribution in [-0.4, -0.2) is 35.3 Å². The summed E-state index contributed by atoms with van der Waals surface area (Å²) in [5.41, 5.74) is 0. The van der Waals surface area contributed by atoms with Gasteiger partial charge in [-0.1, -0.05) is 0 Å². The fraction of sp³-hybridized carbons (Fsp3) is 0.200. The third kappa shape index (κ3) is 3.40. The standard InChI is InChI=1S/C10H11AsO2S2/c12-9(6-14)11(10(13)7-15)8-4-2-1-3-5-8/h1-5,14-15H,6-7H2. The van der Waals surface area contributed by atoms with Gasteiger partial charge in [0.25, 0.3) is 0 Å². The minimum atomic E-state index is -2.29. The molecule has 0 radical (unpaired) electrons. The van der Waals surface area contributed by atoms with Gasteiger partial charge in [0.15, 0.2) is 0 Å². The number of benzene rings is 1.